The molecule has 0 amide bonds. The Morgan fingerprint density at radius 2 is 2.26 bits per heavy atom. The molecule has 1 heterocycles. The highest BCUT2D eigenvalue weighted by molar-refractivity contribution is 5.61. The van der Waals surface area contributed by atoms with Crippen molar-refractivity contribution in [3.63, 3.8) is 0 Å². The first-order chi connectivity index (χ1) is 9.22. The van der Waals surface area contributed by atoms with Gasteiger partial charge in [-0.3, -0.25) is 0 Å². The predicted octanol–water partition coefficient (Wildman–Crippen LogP) is 1.49. The molecule has 0 bridgehead atoms. The Kier molecular flexibility index (Phi) is 4.40. The number of aryl methyl sites for hydroxylation is 1. The molecule has 1 aromatic carbocycles. The van der Waals surface area contributed by atoms with Crippen molar-refractivity contribution in [1.29, 1.82) is 0 Å². The SMILES string of the molecule is CCOCCCn1nnnc1-c1ccc(F)c(N)c1. The maximum atomic E-state index is 13.1. The number of rotatable bonds is 6. The monoisotopic (exact) mass is 265 g/mol. The van der Waals surface area contributed by atoms with E-state index in [-0.39, 0.29) is 5.69 Å². The van der Waals surface area contributed by atoms with E-state index in [1.54, 1.807) is 10.7 Å². The van der Waals surface area contributed by atoms with Crippen LogP contribution in [0.2, 0.25) is 0 Å². The third-order valence-corrected chi connectivity index (χ3v) is 2.65. The standard InChI is InChI=1S/C12H16FN5O/c1-2-19-7-3-6-18-12(15-16-17-18)9-4-5-10(13)11(14)8-9/h4-5,8H,2-3,6-7,14H2,1H3. The van der Waals surface area contributed by atoms with Gasteiger partial charge in [0.2, 0.25) is 0 Å². The molecule has 102 valence electrons. The maximum Gasteiger partial charge on any atom is 0.182 e. The van der Waals surface area contributed by atoms with Gasteiger partial charge in [-0.1, -0.05) is 0 Å². The van der Waals surface area contributed by atoms with Gasteiger partial charge >= 0.3 is 0 Å². The average molecular weight is 265 g/mol. The Labute approximate surface area is 110 Å². The molecule has 6 nitrogen and oxygen atoms in total. The Balaban J connectivity index is 2.12. The summed E-state index contributed by atoms with van der Waals surface area (Å²) in [7, 11) is 0. The first kappa shape index (κ1) is 13.4. The summed E-state index contributed by atoms with van der Waals surface area (Å²) in [4.78, 5) is 0. The first-order valence-electron chi connectivity index (χ1n) is 6.11. The van der Waals surface area contributed by atoms with Crippen LogP contribution in [0.3, 0.4) is 0 Å². The largest absolute Gasteiger partial charge is 0.396 e. The number of benzene rings is 1. The summed E-state index contributed by atoms with van der Waals surface area (Å²) in [5.41, 5.74) is 6.32. The highest BCUT2D eigenvalue weighted by Gasteiger charge is 2.10. The molecule has 2 N–H and O–H groups in total. The van der Waals surface area contributed by atoms with Gasteiger partial charge in [0.1, 0.15) is 5.82 Å². The average Bonchev–Trinajstić information content (AvgIpc) is 2.86. The summed E-state index contributed by atoms with van der Waals surface area (Å²) in [5, 5.41) is 11.5. The Bertz CT molecular complexity index is 543. The summed E-state index contributed by atoms with van der Waals surface area (Å²) in [6.07, 6.45) is 0.808. The van der Waals surface area contributed by atoms with Crippen LogP contribution in [-0.4, -0.2) is 33.4 Å². The van der Waals surface area contributed by atoms with Crippen LogP contribution < -0.4 is 5.73 Å². The second-order valence-electron chi connectivity index (χ2n) is 4.01. The zero-order valence-electron chi connectivity index (χ0n) is 10.7. The second-order valence-corrected chi connectivity index (χ2v) is 4.01. The zero-order valence-corrected chi connectivity index (χ0v) is 10.7. The van der Waals surface area contributed by atoms with Gasteiger partial charge in [-0.05, 0) is 42.0 Å². The van der Waals surface area contributed by atoms with Crippen molar-refractivity contribution in [2.45, 2.75) is 19.9 Å². The van der Waals surface area contributed by atoms with Gasteiger partial charge in [0.25, 0.3) is 0 Å². The lowest BCUT2D eigenvalue weighted by Gasteiger charge is -2.06. The Morgan fingerprint density at radius 1 is 1.42 bits per heavy atom. The molecule has 19 heavy (non-hydrogen) atoms. The van der Waals surface area contributed by atoms with E-state index < -0.39 is 5.82 Å². The number of hydrogen-bond donors (Lipinski definition) is 1. The van der Waals surface area contributed by atoms with Crippen LogP contribution >= 0.6 is 0 Å². The molecule has 0 aliphatic carbocycles. The van der Waals surface area contributed by atoms with Crippen LogP contribution in [0.4, 0.5) is 10.1 Å². The third-order valence-electron chi connectivity index (χ3n) is 2.65. The molecule has 1 aromatic heterocycles. The van der Waals surface area contributed by atoms with Crippen molar-refractivity contribution in [2.75, 3.05) is 18.9 Å². The fraction of sp³-hybridized carbons (Fsp3) is 0.417. The summed E-state index contributed by atoms with van der Waals surface area (Å²) < 4.78 is 20.0. The number of nitrogens with two attached hydrogens (primary N) is 1. The molecule has 0 fully saturated rings. The topological polar surface area (TPSA) is 78.8 Å². The minimum absolute atomic E-state index is 0.0846. The van der Waals surface area contributed by atoms with Crippen LogP contribution in [0.25, 0.3) is 11.4 Å². The highest BCUT2D eigenvalue weighted by atomic mass is 19.1. The summed E-state index contributed by atoms with van der Waals surface area (Å²) in [5.74, 6) is 0.127. The van der Waals surface area contributed by atoms with Gasteiger partial charge in [-0.15, -0.1) is 5.10 Å². The molecule has 0 unspecified atom stereocenters. The first-order valence-corrected chi connectivity index (χ1v) is 6.11. The number of nitrogen functional groups attached to an aromatic ring is 1. The molecule has 0 spiro atoms. The van der Waals surface area contributed by atoms with E-state index in [4.69, 9.17) is 10.5 Å². The Hall–Kier alpha value is -2.02. The van der Waals surface area contributed by atoms with E-state index in [1.807, 2.05) is 6.92 Å². The van der Waals surface area contributed by atoms with Crippen molar-refractivity contribution >= 4 is 5.69 Å². The maximum absolute atomic E-state index is 13.1. The molecule has 0 saturated carbocycles. The summed E-state index contributed by atoms with van der Waals surface area (Å²) in [6, 6.07) is 4.44. The van der Waals surface area contributed by atoms with Crippen LogP contribution in [0.15, 0.2) is 18.2 Å². The Morgan fingerprint density at radius 3 is 3.00 bits per heavy atom. The van der Waals surface area contributed by atoms with Crippen molar-refractivity contribution in [1.82, 2.24) is 20.2 Å². The van der Waals surface area contributed by atoms with Gasteiger partial charge in [0, 0.05) is 25.3 Å². The minimum Gasteiger partial charge on any atom is -0.396 e. The fourth-order valence-electron chi connectivity index (χ4n) is 1.71. The lowest BCUT2D eigenvalue weighted by Crippen LogP contribution is -2.06. The second kappa shape index (κ2) is 6.24. The summed E-state index contributed by atoms with van der Waals surface area (Å²) >= 11 is 0. The minimum atomic E-state index is -0.445. The number of halogens is 1. The van der Waals surface area contributed by atoms with Gasteiger partial charge in [0.05, 0.1) is 5.69 Å². The van der Waals surface area contributed by atoms with Gasteiger partial charge in [-0.25, -0.2) is 9.07 Å². The zero-order chi connectivity index (χ0) is 13.7. The van der Waals surface area contributed by atoms with E-state index in [0.717, 1.165) is 6.42 Å². The van der Waals surface area contributed by atoms with Crippen molar-refractivity contribution in [3.05, 3.63) is 24.0 Å². The number of hydrogen-bond acceptors (Lipinski definition) is 5. The van der Waals surface area contributed by atoms with E-state index in [1.165, 1.54) is 12.1 Å². The third kappa shape index (κ3) is 3.25. The van der Waals surface area contributed by atoms with Gasteiger partial charge in [0.15, 0.2) is 5.82 Å². The molecule has 0 aliphatic heterocycles. The lowest BCUT2D eigenvalue weighted by molar-refractivity contribution is 0.140. The lowest BCUT2D eigenvalue weighted by atomic mass is 10.2. The van der Waals surface area contributed by atoms with Gasteiger partial charge in [-0.2, -0.15) is 0 Å². The van der Waals surface area contributed by atoms with E-state index in [2.05, 4.69) is 15.5 Å². The molecule has 2 aromatic rings. The van der Waals surface area contributed by atoms with Gasteiger partial charge < -0.3 is 10.5 Å². The predicted molar refractivity (Wildman–Crippen MR) is 68.7 cm³/mol. The highest BCUT2D eigenvalue weighted by Crippen LogP contribution is 2.20. The quantitative estimate of drug-likeness (QED) is 0.632. The smallest absolute Gasteiger partial charge is 0.182 e. The van der Waals surface area contributed by atoms with E-state index in [0.29, 0.717) is 31.1 Å². The molecular formula is C12H16FN5O. The molecule has 7 heteroatoms. The molecule has 0 aliphatic rings. The van der Waals surface area contributed by atoms with Crippen molar-refractivity contribution in [2.24, 2.45) is 0 Å². The van der Waals surface area contributed by atoms with E-state index >= 15 is 0 Å². The molecule has 0 atom stereocenters. The van der Waals surface area contributed by atoms with Crippen LogP contribution in [0, 0.1) is 5.82 Å². The number of ether oxygens (including phenoxy) is 1. The number of anilines is 1. The van der Waals surface area contributed by atoms with Crippen LogP contribution in [0.1, 0.15) is 13.3 Å². The molecule has 0 saturated heterocycles. The van der Waals surface area contributed by atoms with Crippen LogP contribution in [-0.2, 0) is 11.3 Å². The molecule has 0 radical (unpaired) electrons. The summed E-state index contributed by atoms with van der Waals surface area (Å²) in [6.45, 7) is 3.93. The van der Waals surface area contributed by atoms with Crippen LogP contribution in [0.5, 0.6) is 0 Å². The molecule has 2 rings (SSSR count). The molecular weight excluding hydrogens is 249 g/mol. The number of nitrogens with zero attached hydrogens (tertiary/aromatic N) is 4. The number of aromatic nitrogens is 4. The number of tetrazole rings is 1. The van der Waals surface area contributed by atoms with Crippen molar-refractivity contribution in [3.8, 4) is 11.4 Å². The fourth-order valence-corrected chi connectivity index (χ4v) is 1.71. The normalized spacial score (nSPS) is 10.8. The van der Waals surface area contributed by atoms with E-state index in [9.17, 15) is 4.39 Å². The van der Waals surface area contributed by atoms with Crippen molar-refractivity contribution < 1.29 is 9.13 Å².